The molecule has 1 aromatic rings. The van der Waals surface area contributed by atoms with Crippen molar-refractivity contribution >= 4 is 11.8 Å². The Hall–Kier alpha value is -2.36. The molecule has 3 heterocycles. The van der Waals surface area contributed by atoms with Crippen LogP contribution < -0.4 is 14.8 Å². The second-order valence-corrected chi connectivity index (χ2v) is 7.47. The summed E-state index contributed by atoms with van der Waals surface area (Å²) >= 11 is 0. The van der Waals surface area contributed by atoms with Gasteiger partial charge in [-0.25, -0.2) is 0 Å². The van der Waals surface area contributed by atoms with Gasteiger partial charge < -0.3 is 24.4 Å². The van der Waals surface area contributed by atoms with Crippen LogP contribution in [0.2, 0.25) is 0 Å². The Bertz CT molecular complexity index is 730. The predicted octanol–water partition coefficient (Wildman–Crippen LogP) is -0.492. The van der Waals surface area contributed by atoms with Gasteiger partial charge in [0, 0.05) is 58.9 Å². The van der Waals surface area contributed by atoms with Crippen LogP contribution >= 0.6 is 0 Å². The second kappa shape index (κ2) is 9.43. The number of benzene rings is 1. The number of fused-ring (bicyclic) bond motifs is 1. The molecule has 9 heteroatoms. The summed E-state index contributed by atoms with van der Waals surface area (Å²) in [6, 6.07) is 5.97. The average Bonchev–Trinajstić information content (AvgIpc) is 3.22. The highest BCUT2D eigenvalue weighted by Gasteiger charge is 2.26. The molecule has 0 radical (unpaired) electrons. The molecule has 0 aromatic heterocycles. The molecule has 0 saturated carbocycles. The fourth-order valence-corrected chi connectivity index (χ4v) is 3.78. The van der Waals surface area contributed by atoms with Gasteiger partial charge in [-0.05, 0) is 17.7 Å². The molecular weight excluding hydrogens is 376 g/mol. The van der Waals surface area contributed by atoms with Gasteiger partial charge in [-0.3, -0.25) is 19.4 Å². The number of morpholine rings is 1. The van der Waals surface area contributed by atoms with Crippen LogP contribution in [0.25, 0.3) is 0 Å². The Kier molecular flexibility index (Phi) is 6.48. The molecule has 0 unspecified atom stereocenters. The monoisotopic (exact) mass is 404 g/mol. The van der Waals surface area contributed by atoms with Crippen molar-refractivity contribution in [3.63, 3.8) is 0 Å². The van der Waals surface area contributed by atoms with Crippen molar-refractivity contribution in [2.24, 2.45) is 0 Å². The molecule has 2 saturated heterocycles. The topological polar surface area (TPSA) is 83.6 Å². The van der Waals surface area contributed by atoms with E-state index < -0.39 is 11.8 Å². The molecule has 29 heavy (non-hydrogen) atoms. The first-order valence-electron chi connectivity index (χ1n) is 10.2. The van der Waals surface area contributed by atoms with E-state index in [1.165, 1.54) is 0 Å². The highest BCUT2D eigenvalue weighted by atomic mass is 16.7. The van der Waals surface area contributed by atoms with Crippen LogP contribution in [0.5, 0.6) is 11.5 Å². The van der Waals surface area contributed by atoms with Crippen LogP contribution in [0.15, 0.2) is 18.2 Å². The molecule has 0 bridgehead atoms. The van der Waals surface area contributed by atoms with Crippen molar-refractivity contribution < 1.29 is 23.8 Å². The van der Waals surface area contributed by atoms with Gasteiger partial charge in [0.25, 0.3) is 0 Å². The molecule has 158 valence electrons. The van der Waals surface area contributed by atoms with Crippen LogP contribution in [0.4, 0.5) is 0 Å². The minimum atomic E-state index is -0.512. The summed E-state index contributed by atoms with van der Waals surface area (Å²) in [5.41, 5.74) is 1.15. The first kappa shape index (κ1) is 19.9. The number of hydrogen-bond acceptors (Lipinski definition) is 7. The Labute approximate surface area is 170 Å². The van der Waals surface area contributed by atoms with E-state index in [-0.39, 0.29) is 6.79 Å². The fourth-order valence-electron chi connectivity index (χ4n) is 3.78. The van der Waals surface area contributed by atoms with Crippen molar-refractivity contribution in [3.05, 3.63) is 23.8 Å². The van der Waals surface area contributed by atoms with Crippen LogP contribution in [0, 0.1) is 0 Å². The summed E-state index contributed by atoms with van der Waals surface area (Å²) in [5, 5.41) is 2.75. The Morgan fingerprint density at radius 3 is 2.48 bits per heavy atom. The maximum Gasteiger partial charge on any atom is 0.311 e. The van der Waals surface area contributed by atoms with Crippen molar-refractivity contribution in [2.75, 3.05) is 72.4 Å². The number of hydrogen-bond donors (Lipinski definition) is 1. The molecule has 0 atom stereocenters. The van der Waals surface area contributed by atoms with E-state index in [1.54, 1.807) is 4.90 Å². The highest BCUT2D eigenvalue weighted by molar-refractivity contribution is 6.35. The summed E-state index contributed by atoms with van der Waals surface area (Å²) in [6.45, 7) is 8.05. The molecule has 2 fully saturated rings. The molecule has 2 amide bonds. The first-order chi connectivity index (χ1) is 14.2. The van der Waals surface area contributed by atoms with E-state index in [1.807, 2.05) is 18.2 Å². The number of carbonyl (C=O) groups is 2. The third kappa shape index (κ3) is 5.17. The third-order valence-electron chi connectivity index (χ3n) is 5.51. The van der Waals surface area contributed by atoms with Gasteiger partial charge in [-0.1, -0.05) is 6.07 Å². The molecule has 3 aliphatic rings. The van der Waals surface area contributed by atoms with Crippen molar-refractivity contribution in [3.8, 4) is 11.5 Å². The zero-order valence-corrected chi connectivity index (χ0v) is 16.6. The lowest BCUT2D eigenvalue weighted by molar-refractivity contribution is -0.147. The van der Waals surface area contributed by atoms with Gasteiger partial charge in [-0.15, -0.1) is 0 Å². The van der Waals surface area contributed by atoms with E-state index in [4.69, 9.17) is 14.2 Å². The smallest absolute Gasteiger partial charge is 0.311 e. The van der Waals surface area contributed by atoms with E-state index in [2.05, 4.69) is 15.1 Å². The number of nitrogens with one attached hydrogen (secondary N) is 1. The zero-order chi connectivity index (χ0) is 20.1. The standard InChI is InChI=1S/C20H28N4O5/c25-19(21-3-4-22-9-11-27-12-10-22)20(26)24-7-5-23(6-8-24)14-16-1-2-17-18(13-16)29-15-28-17/h1-2,13H,3-12,14-15H2,(H,21,25). The van der Waals surface area contributed by atoms with Crippen molar-refractivity contribution in [2.45, 2.75) is 6.54 Å². The maximum absolute atomic E-state index is 12.4. The van der Waals surface area contributed by atoms with Crippen LogP contribution in [0.3, 0.4) is 0 Å². The molecular formula is C20H28N4O5. The summed E-state index contributed by atoms with van der Waals surface area (Å²) in [7, 11) is 0. The number of carbonyl (C=O) groups excluding carboxylic acids is 2. The summed E-state index contributed by atoms with van der Waals surface area (Å²) in [5.74, 6) is 0.617. The largest absolute Gasteiger partial charge is 0.454 e. The predicted molar refractivity (Wildman–Crippen MR) is 105 cm³/mol. The lowest BCUT2D eigenvalue weighted by Gasteiger charge is -2.34. The maximum atomic E-state index is 12.4. The molecule has 0 aliphatic carbocycles. The second-order valence-electron chi connectivity index (χ2n) is 7.47. The Morgan fingerprint density at radius 1 is 0.931 bits per heavy atom. The summed E-state index contributed by atoms with van der Waals surface area (Å²) in [4.78, 5) is 30.7. The fraction of sp³-hybridized carbons (Fsp3) is 0.600. The quantitative estimate of drug-likeness (QED) is 0.663. The Balaban J connectivity index is 1.17. The number of amides is 2. The van der Waals surface area contributed by atoms with Gasteiger partial charge in [0.05, 0.1) is 13.2 Å². The van der Waals surface area contributed by atoms with Gasteiger partial charge >= 0.3 is 11.8 Å². The first-order valence-corrected chi connectivity index (χ1v) is 10.2. The molecule has 0 spiro atoms. The van der Waals surface area contributed by atoms with Gasteiger partial charge in [0.1, 0.15) is 0 Å². The summed E-state index contributed by atoms with van der Waals surface area (Å²) in [6.07, 6.45) is 0. The van der Waals surface area contributed by atoms with Crippen LogP contribution in [-0.4, -0.2) is 98.9 Å². The molecule has 9 nitrogen and oxygen atoms in total. The van der Waals surface area contributed by atoms with Gasteiger partial charge in [0.2, 0.25) is 6.79 Å². The van der Waals surface area contributed by atoms with Crippen molar-refractivity contribution in [1.29, 1.82) is 0 Å². The molecule has 1 aromatic carbocycles. The molecule has 4 rings (SSSR count). The third-order valence-corrected chi connectivity index (χ3v) is 5.51. The lowest BCUT2D eigenvalue weighted by atomic mass is 10.1. The van der Waals surface area contributed by atoms with Crippen LogP contribution in [-0.2, 0) is 20.9 Å². The summed E-state index contributed by atoms with van der Waals surface area (Å²) < 4.78 is 16.1. The van der Waals surface area contributed by atoms with E-state index in [9.17, 15) is 9.59 Å². The van der Waals surface area contributed by atoms with E-state index >= 15 is 0 Å². The number of piperazine rings is 1. The van der Waals surface area contributed by atoms with E-state index in [0.717, 1.165) is 69.5 Å². The van der Waals surface area contributed by atoms with Gasteiger partial charge in [-0.2, -0.15) is 0 Å². The highest BCUT2D eigenvalue weighted by Crippen LogP contribution is 2.32. The minimum absolute atomic E-state index is 0.272. The number of nitrogens with zero attached hydrogens (tertiary/aromatic N) is 3. The minimum Gasteiger partial charge on any atom is -0.454 e. The molecule has 3 aliphatic heterocycles. The number of rotatable bonds is 5. The van der Waals surface area contributed by atoms with E-state index in [0.29, 0.717) is 19.6 Å². The lowest BCUT2D eigenvalue weighted by Crippen LogP contribution is -2.53. The molecule has 1 N–H and O–H groups in total. The van der Waals surface area contributed by atoms with Crippen molar-refractivity contribution in [1.82, 2.24) is 20.0 Å². The van der Waals surface area contributed by atoms with Crippen LogP contribution in [0.1, 0.15) is 5.56 Å². The Morgan fingerprint density at radius 2 is 1.69 bits per heavy atom. The zero-order valence-electron chi connectivity index (χ0n) is 16.6. The number of ether oxygens (including phenoxy) is 3. The SMILES string of the molecule is O=C(NCCN1CCOCC1)C(=O)N1CCN(Cc2ccc3c(c2)OCO3)CC1. The van der Waals surface area contributed by atoms with Gasteiger partial charge in [0.15, 0.2) is 11.5 Å². The normalized spacial score (nSPS) is 19.9. The average molecular weight is 404 g/mol.